The van der Waals surface area contributed by atoms with Gasteiger partial charge in [-0.3, -0.25) is 0 Å². The van der Waals surface area contributed by atoms with E-state index in [0.29, 0.717) is 4.47 Å². The van der Waals surface area contributed by atoms with E-state index in [4.69, 9.17) is 21.9 Å². The number of rotatable bonds is 3. The first kappa shape index (κ1) is 20.4. The van der Waals surface area contributed by atoms with Gasteiger partial charge in [0, 0.05) is 10.5 Å². The lowest BCUT2D eigenvalue weighted by atomic mass is 10.2. The van der Waals surface area contributed by atoms with E-state index in [9.17, 15) is 22.0 Å². The van der Waals surface area contributed by atoms with Crippen molar-refractivity contribution in [3.63, 3.8) is 0 Å². The molecule has 0 aromatic heterocycles. The largest absolute Gasteiger partial charge is 0.451 e. The summed E-state index contributed by atoms with van der Waals surface area (Å²) >= 11 is 3.17. The molecular weight excluding hydrogens is 441 g/mol. The number of guanidine groups is 2. The summed E-state index contributed by atoms with van der Waals surface area (Å²) in [6.45, 7) is 0. The van der Waals surface area contributed by atoms with Crippen molar-refractivity contribution in [2.45, 2.75) is 6.18 Å². The van der Waals surface area contributed by atoms with Crippen LogP contribution in [0.2, 0.25) is 0 Å². The minimum Gasteiger partial charge on any atom is -0.451 e. The molecular formula is C15H11BrF5N5O. The summed E-state index contributed by atoms with van der Waals surface area (Å²) in [6, 6.07) is 4.20. The van der Waals surface area contributed by atoms with Crippen LogP contribution in [0.25, 0.3) is 0 Å². The number of hydrogen-bond acceptors (Lipinski definition) is 2. The van der Waals surface area contributed by atoms with Gasteiger partial charge in [-0.2, -0.15) is 18.2 Å². The van der Waals surface area contributed by atoms with Crippen LogP contribution in [-0.4, -0.2) is 11.9 Å². The van der Waals surface area contributed by atoms with Crippen molar-refractivity contribution in [2.24, 2.45) is 27.2 Å². The van der Waals surface area contributed by atoms with E-state index in [1.54, 1.807) is 0 Å². The molecule has 2 rings (SSSR count). The van der Waals surface area contributed by atoms with E-state index < -0.39 is 29.1 Å². The second kappa shape index (κ2) is 7.78. The van der Waals surface area contributed by atoms with Crippen LogP contribution in [0.5, 0.6) is 11.5 Å². The summed E-state index contributed by atoms with van der Waals surface area (Å²) < 4.78 is 71.0. The molecule has 27 heavy (non-hydrogen) atoms. The van der Waals surface area contributed by atoms with E-state index in [2.05, 4.69) is 25.9 Å². The molecule has 6 N–H and O–H groups in total. The molecule has 12 heteroatoms. The second-order valence-electron chi connectivity index (χ2n) is 4.99. The van der Waals surface area contributed by atoms with Gasteiger partial charge in [-0.25, -0.2) is 13.8 Å². The maximum Gasteiger partial charge on any atom is 0.416 e. The standard InChI is InChI=1S/C15H11BrF5N5O/c16-8-2-1-7(5-11(8)25-14(24)26-13(22)23)27-12-9(17)3-6(4-10(12)18)15(19,20)21/h1-5H,(H6,22,23,24,25,26). The molecule has 0 atom stereocenters. The van der Waals surface area contributed by atoms with Crippen molar-refractivity contribution in [1.29, 1.82) is 0 Å². The predicted molar refractivity (Wildman–Crippen MR) is 92.7 cm³/mol. The van der Waals surface area contributed by atoms with Gasteiger partial charge in [-0.1, -0.05) is 0 Å². The number of alkyl halides is 3. The lowest BCUT2D eigenvalue weighted by molar-refractivity contribution is -0.138. The zero-order valence-electron chi connectivity index (χ0n) is 13.2. The van der Waals surface area contributed by atoms with Crippen molar-refractivity contribution >= 4 is 33.5 Å². The SMILES string of the molecule is NC(N)=NC(N)=Nc1cc(Oc2c(F)cc(C(F)(F)F)cc2F)ccc1Br. The quantitative estimate of drug-likeness (QED) is 0.374. The van der Waals surface area contributed by atoms with E-state index >= 15 is 0 Å². The molecule has 0 unspecified atom stereocenters. The number of hydrogen-bond donors (Lipinski definition) is 3. The fourth-order valence-corrected chi connectivity index (χ4v) is 2.20. The Kier molecular flexibility index (Phi) is 5.88. The topological polar surface area (TPSA) is 112 Å². The van der Waals surface area contributed by atoms with Crippen LogP contribution < -0.4 is 21.9 Å². The number of benzene rings is 2. The maximum absolute atomic E-state index is 13.9. The number of ether oxygens (including phenoxy) is 1. The monoisotopic (exact) mass is 451 g/mol. The number of nitrogens with zero attached hydrogens (tertiary/aromatic N) is 2. The average molecular weight is 452 g/mol. The van der Waals surface area contributed by atoms with Crippen LogP contribution in [0.1, 0.15) is 5.56 Å². The van der Waals surface area contributed by atoms with Crippen molar-refractivity contribution in [3.05, 3.63) is 52.0 Å². The Bertz CT molecular complexity index is 902. The van der Waals surface area contributed by atoms with Crippen LogP contribution in [0, 0.1) is 11.6 Å². The third-order valence-corrected chi connectivity index (χ3v) is 3.61. The Morgan fingerprint density at radius 2 is 1.59 bits per heavy atom. The van der Waals surface area contributed by atoms with Gasteiger partial charge in [-0.15, -0.1) is 0 Å². The molecule has 0 bridgehead atoms. The molecule has 0 radical (unpaired) electrons. The summed E-state index contributed by atoms with van der Waals surface area (Å²) in [4.78, 5) is 7.38. The molecule has 2 aromatic carbocycles. The molecule has 2 aromatic rings. The smallest absolute Gasteiger partial charge is 0.416 e. The van der Waals surface area contributed by atoms with E-state index in [1.807, 2.05) is 0 Å². The van der Waals surface area contributed by atoms with Crippen LogP contribution in [0.3, 0.4) is 0 Å². The summed E-state index contributed by atoms with van der Waals surface area (Å²) in [6.07, 6.45) is -4.90. The minimum atomic E-state index is -4.90. The van der Waals surface area contributed by atoms with Gasteiger partial charge >= 0.3 is 6.18 Å². The Hall–Kier alpha value is -2.89. The molecule has 0 saturated heterocycles. The molecule has 0 heterocycles. The second-order valence-corrected chi connectivity index (χ2v) is 5.84. The van der Waals surface area contributed by atoms with Crippen LogP contribution in [0.4, 0.5) is 27.6 Å². The normalized spacial score (nSPS) is 12.0. The van der Waals surface area contributed by atoms with Gasteiger partial charge in [-0.05, 0) is 40.2 Å². The average Bonchev–Trinajstić information content (AvgIpc) is 2.52. The number of nitrogens with two attached hydrogens (primary N) is 3. The van der Waals surface area contributed by atoms with E-state index in [1.165, 1.54) is 18.2 Å². The zero-order chi connectivity index (χ0) is 20.4. The number of aliphatic imine (C=N–C) groups is 2. The number of halogens is 6. The van der Waals surface area contributed by atoms with Crippen molar-refractivity contribution in [2.75, 3.05) is 0 Å². The van der Waals surface area contributed by atoms with Gasteiger partial charge in [0.15, 0.2) is 23.3 Å². The molecule has 0 amide bonds. The van der Waals surface area contributed by atoms with E-state index in [0.717, 1.165) is 0 Å². The summed E-state index contributed by atoms with van der Waals surface area (Å²) in [5, 5.41) is 0. The van der Waals surface area contributed by atoms with E-state index in [-0.39, 0.29) is 35.5 Å². The van der Waals surface area contributed by atoms with Crippen LogP contribution in [0.15, 0.2) is 44.8 Å². The Morgan fingerprint density at radius 1 is 1.00 bits per heavy atom. The molecule has 0 aliphatic carbocycles. The minimum absolute atomic E-state index is 0.119. The Morgan fingerprint density at radius 3 is 2.11 bits per heavy atom. The lowest BCUT2D eigenvalue weighted by Gasteiger charge is -2.12. The third-order valence-electron chi connectivity index (χ3n) is 2.94. The predicted octanol–water partition coefficient (Wildman–Crippen LogP) is 3.76. The molecule has 0 aliphatic heterocycles. The highest BCUT2D eigenvalue weighted by Crippen LogP contribution is 2.37. The molecule has 6 nitrogen and oxygen atoms in total. The maximum atomic E-state index is 13.9. The highest BCUT2D eigenvalue weighted by molar-refractivity contribution is 9.10. The van der Waals surface area contributed by atoms with Crippen molar-refractivity contribution in [1.82, 2.24) is 0 Å². The van der Waals surface area contributed by atoms with Crippen LogP contribution >= 0.6 is 15.9 Å². The first-order valence-electron chi connectivity index (χ1n) is 6.95. The van der Waals surface area contributed by atoms with Crippen LogP contribution in [-0.2, 0) is 6.18 Å². The van der Waals surface area contributed by atoms with Crippen molar-refractivity contribution < 1.29 is 26.7 Å². The molecule has 0 saturated carbocycles. The highest BCUT2D eigenvalue weighted by atomic mass is 79.9. The summed E-state index contributed by atoms with van der Waals surface area (Å²) in [7, 11) is 0. The fraction of sp³-hybridized carbons (Fsp3) is 0.0667. The molecule has 0 fully saturated rings. The lowest BCUT2D eigenvalue weighted by Crippen LogP contribution is -2.26. The zero-order valence-corrected chi connectivity index (χ0v) is 14.8. The van der Waals surface area contributed by atoms with Gasteiger partial charge in [0.05, 0.1) is 11.3 Å². The molecule has 0 spiro atoms. The van der Waals surface area contributed by atoms with Gasteiger partial charge in [0.25, 0.3) is 0 Å². The van der Waals surface area contributed by atoms with Gasteiger partial charge in [0.2, 0.25) is 5.96 Å². The highest BCUT2D eigenvalue weighted by Gasteiger charge is 2.33. The summed E-state index contributed by atoms with van der Waals surface area (Å²) in [5.41, 5.74) is 14.5. The summed E-state index contributed by atoms with van der Waals surface area (Å²) in [5.74, 6) is -4.80. The third kappa shape index (κ3) is 5.29. The molecule has 0 aliphatic rings. The van der Waals surface area contributed by atoms with Gasteiger partial charge in [0.1, 0.15) is 5.75 Å². The Labute approximate surface area is 157 Å². The van der Waals surface area contributed by atoms with Gasteiger partial charge < -0.3 is 21.9 Å². The first-order chi connectivity index (χ1) is 12.5. The van der Waals surface area contributed by atoms with Crippen molar-refractivity contribution in [3.8, 4) is 11.5 Å². The first-order valence-corrected chi connectivity index (χ1v) is 7.74. The molecule has 144 valence electrons. The fourth-order valence-electron chi connectivity index (χ4n) is 1.86. The Balaban J connectivity index is 2.39.